The fourth-order valence-electron chi connectivity index (χ4n) is 0.986. The molecule has 0 saturated heterocycles. The molecule has 15 heavy (non-hydrogen) atoms. The second-order valence-electron chi connectivity index (χ2n) is 3.50. The van der Waals surface area contributed by atoms with Crippen molar-refractivity contribution in [3.8, 4) is 0 Å². The molecule has 0 aliphatic rings. The highest BCUT2D eigenvalue weighted by Crippen LogP contribution is 1.82. The molecule has 0 bridgehead atoms. The summed E-state index contributed by atoms with van der Waals surface area (Å²) in [5, 5.41) is 5.76. The number of amides is 1. The van der Waals surface area contributed by atoms with Crippen molar-refractivity contribution in [1.29, 1.82) is 0 Å². The molecule has 0 heterocycles. The van der Waals surface area contributed by atoms with E-state index in [0.717, 1.165) is 12.3 Å². The van der Waals surface area contributed by atoms with Gasteiger partial charge in [0.25, 0.3) is 0 Å². The number of rotatable bonds is 5. The smallest absolute Gasteiger partial charge is 0.239 e. The van der Waals surface area contributed by atoms with Crippen LogP contribution in [0, 0.1) is 0 Å². The lowest BCUT2D eigenvalue weighted by atomic mass is 10.3. The molecular formula is C11H21N3O. The van der Waals surface area contributed by atoms with Crippen LogP contribution in [-0.2, 0) is 4.79 Å². The number of carbonyl (C=O) groups is 1. The van der Waals surface area contributed by atoms with E-state index in [-0.39, 0.29) is 18.5 Å². The molecule has 0 aromatic heterocycles. The Bertz CT molecular complexity index is 244. The Kier molecular flexibility index (Phi) is 7.32. The molecule has 0 radical (unpaired) electrons. The zero-order valence-corrected chi connectivity index (χ0v) is 10.0. The van der Waals surface area contributed by atoms with Gasteiger partial charge in [0.2, 0.25) is 5.91 Å². The van der Waals surface area contributed by atoms with Crippen molar-refractivity contribution in [2.75, 3.05) is 13.6 Å². The van der Waals surface area contributed by atoms with E-state index >= 15 is 0 Å². The first-order chi connectivity index (χ1) is 7.10. The number of carbonyl (C=O) groups excluding carboxylic acids is 1. The van der Waals surface area contributed by atoms with Crippen molar-refractivity contribution in [1.82, 2.24) is 10.6 Å². The van der Waals surface area contributed by atoms with E-state index in [0.29, 0.717) is 0 Å². The summed E-state index contributed by atoms with van der Waals surface area (Å²) in [4.78, 5) is 15.3. The summed E-state index contributed by atoms with van der Waals surface area (Å²) in [6.07, 6.45) is 4.83. The summed E-state index contributed by atoms with van der Waals surface area (Å²) in [5.74, 6) is 0.715. The Labute approximate surface area is 91.9 Å². The topological polar surface area (TPSA) is 53.5 Å². The van der Waals surface area contributed by atoms with Crippen LogP contribution in [0.4, 0.5) is 0 Å². The van der Waals surface area contributed by atoms with Crippen LogP contribution in [0.2, 0.25) is 0 Å². The number of aliphatic imine (C=N–C) groups is 1. The minimum Gasteiger partial charge on any atom is -0.361 e. The zero-order valence-electron chi connectivity index (χ0n) is 10.0. The van der Waals surface area contributed by atoms with Crippen LogP contribution < -0.4 is 10.6 Å². The minimum atomic E-state index is -0.0175. The van der Waals surface area contributed by atoms with Crippen LogP contribution in [-0.4, -0.2) is 31.4 Å². The van der Waals surface area contributed by atoms with Gasteiger partial charge in [-0.05, 0) is 26.3 Å². The number of amidine groups is 1. The maximum atomic E-state index is 11.3. The van der Waals surface area contributed by atoms with Crippen LogP contribution >= 0.6 is 0 Å². The van der Waals surface area contributed by atoms with Crippen molar-refractivity contribution < 1.29 is 4.79 Å². The lowest BCUT2D eigenvalue weighted by molar-refractivity contribution is -0.120. The van der Waals surface area contributed by atoms with Crippen LogP contribution in [0.15, 0.2) is 17.1 Å². The molecule has 0 aliphatic carbocycles. The molecule has 0 aromatic rings. The average molecular weight is 211 g/mol. The monoisotopic (exact) mass is 211 g/mol. The molecule has 0 aromatic carbocycles. The molecule has 86 valence electrons. The summed E-state index contributed by atoms with van der Waals surface area (Å²) in [6.45, 7) is 6.18. The van der Waals surface area contributed by atoms with Crippen LogP contribution in [0.1, 0.15) is 27.2 Å². The lowest BCUT2D eigenvalue weighted by Gasteiger charge is -2.09. The zero-order chi connectivity index (χ0) is 11.7. The summed E-state index contributed by atoms with van der Waals surface area (Å²) < 4.78 is 0. The second-order valence-corrected chi connectivity index (χ2v) is 3.50. The molecule has 0 unspecified atom stereocenters. The minimum absolute atomic E-state index is 0.0175. The highest BCUT2D eigenvalue weighted by Gasteiger charge is 2.02. The van der Waals surface area contributed by atoms with Gasteiger partial charge in [0.05, 0.1) is 6.54 Å². The second kappa shape index (κ2) is 8.03. The molecule has 0 aliphatic heterocycles. The fourth-order valence-corrected chi connectivity index (χ4v) is 0.986. The molecule has 4 heteroatoms. The first-order valence-electron chi connectivity index (χ1n) is 5.26. The molecule has 1 amide bonds. The van der Waals surface area contributed by atoms with Crippen LogP contribution in [0.3, 0.4) is 0 Å². The highest BCUT2D eigenvalue weighted by atomic mass is 16.1. The molecule has 4 nitrogen and oxygen atoms in total. The number of hydrogen-bond donors (Lipinski definition) is 2. The maximum absolute atomic E-state index is 11.3. The van der Waals surface area contributed by atoms with Gasteiger partial charge in [-0.3, -0.25) is 9.79 Å². The molecule has 0 spiro atoms. The Balaban J connectivity index is 3.91. The summed E-state index contributed by atoms with van der Waals surface area (Å²) in [5.41, 5.74) is 0. The number of hydrogen-bond acceptors (Lipinski definition) is 2. The van der Waals surface area contributed by atoms with E-state index in [4.69, 9.17) is 0 Å². The van der Waals surface area contributed by atoms with E-state index in [2.05, 4.69) is 22.5 Å². The van der Waals surface area contributed by atoms with Gasteiger partial charge in [-0.1, -0.05) is 13.0 Å². The van der Waals surface area contributed by atoms with Crippen LogP contribution in [0.5, 0.6) is 0 Å². The number of nitrogens with one attached hydrogen (secondary N) is 2. The lowest BCUT2D eigenvalue weighted by Crippen LogP contribution is -2.39. The SMILES string of the molecule is CC/C=C\C(=NC)NCC(=O)NC(C)C. The largest absolute Gasteiger partial charge is 0.361 e. The third-order valence-corrected chi connectivity index (χ3v) is 1.63. The number of nitrogens with zero attached hydrogens (tertiary/aromatic N) is 1. The van der Waals surface area contributed by atoms with E-state index in [1.54, 1.807) is 7.05 Å². The molecular weight excluding hydrogens is 190 g/mol. The van der Waals surface area contributed by atoms with Gasteiger partial charge < -0.3 is 10.6 Å². The third kappa shape index (κ3) is 7.73. The fraction of sp³-hybridized carbons (Fsp3) is 0.636. The first-order valence-corrected chi connectivity index (χ1v) is 5.26. The van der Waals surface area contributed by atoms with Crippen LogP contribution in [0.25, 0.3) is 0 Å². The van der Waals surface area contributed by atoms with E-state index in [1.807, 2.05) is 26.0 Å². The molecule has 0 atom stereocenters. The molecule has 0 saturated carbocycles. The van der Waals surface area contributed by atoms with Gasteiger partial charge in [0.15, 0.2) is 0 Å². The predicted octanol–water partition coefficient (Wildman–Crippen LogP) is 1.10. The Hall–Kier alpha value is -1.32. The van der Waals surface area contributed by atoms with Gasteiger partial charge >= 0.3 is 0 Å². The average Bonchev–Trinajstić information content (AvgIpc) is 2.17. The Morgan fingerprint density at radius 2 is 2.13 bits per heavy atom. The van der Waals surface area contributed by atoms with Crippen molar-refractivity contribution >= 4 is 11.7 Å². The standard InChI is InChI=1S/C11H21N3O/c1-5-6-7-10(12-4)13-8-11(15)14-9(2)3/h6-7,9H,5,8H2,1-4H3,(H,12,13)(H,14,15)/b7-6-. The van der Waals surface area contributed by atoms with E-state index in [1.165, 1.54) is 0 Å². The van der Waals surface area contributed by atoms with Gasteiger partial charge in [-0.25, -0.2) is 0 Å². The van der Waals surface area contributed by atoms with Crippen molar-refractivity contribution in [2.24, 2.45) is 4.99 Å². The van der Waals surface area contributed by atoms with Gasteiger partial charge in [-0.15, -0.1) is 0 Å². The van der Waals surface area contributed by atoms with E-state index in [9.17, 15) is 4.79 Å². The summed E-state index contributed by atoms with van der Waals surface area (Å²) in [7, 11) is 1.70. The third-order valence-electron chi connectivity index (χ3n) is 1.63. The summed E-state index contributed by atoms with van der Waals surface area (Å²) >= 11 is 0. The van der Waals surface area contributed by atoms with Crippen molar-refractivity contribution in [3.63, 3.8) is 0 Å². The molecule has 2 N–H and O–H groups in total. The first kappa shape index (κ1) is 13.7. The Morgan fingerprint density at radius 3 is 2.60 bits per heavy atom. The normalized spacial score (nSPS) is 12.2. The van der Waals surface area contributed by atoms with Gasteiger partial charge in [0.1, 0.15) is 5.84 Å². The summed E-state index contributed by atoms with van der Waals surface area (Å²) in [6, 6.07) is 0.174. The van der Waals surface area contributed by atoms with E-state index < -0.39 is 0 Å². The van der Waals surface area contributed by atoms with Gasteiger partial charge in [-0.2, -0.15) is 0 Å². The molecule has 0 rings (SSSR count). The molecule has 0 fully saturated rings. The van der Waals surface area contributed by atoms with Gasteiger partial charge in [0, 0.05) is 13.1 Å². The Morgan fingerprint density at radius 1 is 1.47 bits per heavy atom. The highest BCUT2D eigenvalue weighted by molar-refractivity contribution is 5.95. The quantitative estimate of drug-likeness (QED) is 0.528. The van der Waals surface area contributed by atoms with Crippen molar-refractivity contribution in [3.05, 3.63) is 12.2 Å². The van der Waals surface area contributed by atoms with Crippen molar-refractivity contribution in [2.45, 2.75) is 33.2 Å². The number of allylic oxidation sites excluding steroid dienone is 1. The predicted molar refractivity (Wildman–Crippen MR) is 64.1 cm³/mol. The maximum Gasteiger partial charge on any atom is 0.239 e.